The van der Waals surface area contributed by atoms with Crippen molar-refractivity contribution in [3.05, 3.63) is 0 Å². The average Bonchev–Trinajstić information content (AvgIpc) is 3.08. The van der Waals surface area contributed by atoms with Crippen molar-refractivity contribution in [3.63, 3.8) is 0 Å². The fourth-order valence-electron chi connectivity index (χ4n) is 4.47. The number of unbranched alkanes of at least 4 members (excludes halogenated alkanes) is 5. The van der Waals surface area contributed by atoms with Crippen LogP contribution in [0.4, 0.5) is 0 Å². The quantitative estimate of drug-likeness (QED) is 0.262. The lowest BCUT2D eigenvalue weighted by Gasteiger charge is -2.25. The third kappa shape index (κ3) is 10.3. The molecule has 4 atom stereocenters. The monoisotopic (exact) mass is 364 g/mol. The van der Waals surface area contributed by atoms with Crippen molar-refractivity contribution in [2.45, 2.75) is 103 Å². The summed E-state index contributed by atoms with van der Waals surface area (Å²) in [5, 5.41) is 19.0. The molecule has 0 aromatic heterocycles. The Kier molecular flexibility index (Phi) is 13.6. The van der Waals surface area contributed by atoms with E-state index >= 15 is 0 Å². The molecule has 0 saturated heterocycles. The summed E-state index contributed by atoms with van der Waals surface area (Å²) in [5.74, 6) is 7.89. The molecule has 0 heterocycles. The van der Waals surface area contributed by atoms with Crippen LogP contribution in [0.1, 0.15) is 96.8 Å². The van der Waals surface area contributed by atoms with Crippen molar-refractivity contribution in [1.29, 1.82) is 0 Å². The molecule has 0 amide bonds. The van der Waals surface area contributed by atoms with Gasteiger partial charge in [0, 0.05) is 6.42 Å². The molecule has 1 saturated carbocycles. The Morgan fingerprint density at radius 1 is 1.08 bits per heavy atom. The molecule has 26 heavy (non-hydrogen) atoms. The van der Waals surface area contributed by atoms with E-state index in [-0.39, 0.29) is 6.61 Å². The van der Waals surface area contributed by atoms with Crippen LogP contribution in [0.25, 0.3) is 0 Å². The second kappa shape index (κ2) is 15.2. The third-order valence-corrected chi connectivity index (χ3v) is 5.90. The summed E-state index contributed by atoms with van der Waals surface area (Å²) in [7, 11) is 0. The fraction of sp³-hybridized carbons (Fsp3) is 0.870. The van der Waals surface area contributed by atoms with Crippen molar-refractivity contribution in [2.75, 3.05) is 6.61 Å². The molecule has 0 aromatic carbocycles. The number of hydrogen-bond acceptors (Lipinski definition) is 3. The molecule has 0 spiro atoms. The van der Waals surface area contributed by atoms with Gasteiger partial charge in [0.2, 0.25) is 0 Å². The highest BCUT2D eigenvalue weighted by molar-refractivity contribution is 5.53. The smallest absolute Gasteiger partial charge is 0.131 e. The second-order valence-electron chi connectivity index (χ2n) is 8.11. The van der Waals surface area contributed by atoms with Crippen LogP contribution >= 0.6 is 0 Å². The summed E-state index contributed by atoms with van der Waals surface area (Å²) < 4.78 is 0. The summed E-state index contributed by atoms with van der Waals surface area (Å²) in [5.41, 5.74) is 0. The number of aldehydes is 1. The Hall–Kier alpha value is -0.850. The van der Waals surface area contributed by atoms with Crippen LogP contribution in [0.3, 0.4) is 0 Å². The molecule has 2 N–H and O–H groups in total. The SMILES string of the molecule is CCCCCCCC[C@H]1CCC[C@@H]1CC(CC#CCC=O)CC(O)CO. The number of aliphatic hydroxyl groups excluding tert-OH is 2. The molecule has 0 aliphatic heterocycles. The van der Waals surface area contributed by atoms with Crippen LogP contribution in [0, 0.1) is 29.6 Å². The largest absolute Gasteiger partial charge is 0.394 e. The molecule has 1 rings (SSSR count). The van der Waals surface area contributed by atoms with Gasteiger partial charge in [-0.1, -0.05) is 77.1 Å². The predicted octanol–water partition coefficient (Wildman–Crippen LogP) is 4.89. The van der Waals surface area contributed by atoms with Gasteiger partial charge in [-0.2, -0.15) is 0 Å². The first-order valence-corrected chi connectivity index (χ1v) is 10.9. The van der Waals surface area contributed by atoms with E-state index in [1.165, 1.54) is 64.2 Å². The molecule has 3 nitrogen and oxygen atoms in total. The number of carbonyl (C=O) groups is 1. The molecule has 1 aliphatic carbocycles. The van der Waals surface area contributed by atoms with Crippen molar-refractivity contribution in [1.82, 2.24) is 0 Å². The molecule has 1 aliphatic rings. The van der Waals surface area contributed by atoms with Crippen molar-refractivity contribution in [3.8, 4) is 11.8 Å². The third-order valence-electron chi connectivity index (χ3n) is 5.90. The Morgan fingerprint density at radius 2 is 1.81 bits per heavy atom. The zero-order valence-electron chi connectivity index (χ0n) is 16.8. The summed E-state index contributed by atoms with van der Waals surface area (Å²) in [6.45, 7) is 2.08. The zero-order chi connectivity index (χ0) is 19.0. The summed E-state index contributed by atoms with van der Waals surface area (Å²) in [6.07, 6.45) is 16.4. The number of hydrogen-bond donors (Lipinski definition) is 2. The predicted molar refractivity (Wildman–Crippen MR) is 108 cm³/mol. The van der Waals surface area contributed by atoms with Gasteiger partial charge in [-0.05, 0) is 30.6 Å². The van der Waals surface area contributed by atoms with Gasteiger partial charge in [-0.15, -0.1) is 5.92 Å². The van der Waals surface area contributed by atoms with Crippen LogP contribution in [-0.4, -0.2) is 29.2 Å². The molecule has 3 heteroatoms. The van der Waals surface area contributed by atoms with E-state index in [0.29, 0.717) is 18.8 Å². The lowest BCUT2D eigenvalue weighted by atomic mass is 9.81. The van der Waals surface area contributed by atoms with Gasteiger partial charge in [0.25, 0.3) is 0 Å². The van der Waals surface area contributed by atoms with Crippen LogP contribution in [0.5, 0.6) is 0 Å². The summed E-state index contributed by atoms with van der Waals surface area (Å²) >= 11 is 0. The first kappa shape index (κ1) is 23.2. The standard InChI is InChI=1S/C23H40O3/c1-2-3-4-5-6-9-13-21-14-11-15-22(21)17-20(18-23(26)19-25)12-8-7-10-16-24/h16,20-23,25-26H,2-6,9-15,17-19H2,1H3/t20?,21-,22+,23?/m0/s1. The van der Waals surface area contributed by atoms with E-state index in [1.54, 1.807) is 0 Å². The lowest BCUT2D eigenvalue weighted by Crippen LogP contribution is -2.21. The normalized spacial score (nSPS) is 21.8. The highest BCUT2D eigenvalue weighted by Gasteiger charge is 2.29. The van der Waals surface area contributed by atoms with Gasteiger partial charge >= 0.3 is 0 Å². The van der Waals surface area contributed by atoms with E-state index in [4.69, 9.17) is 0 Å². The van der Waals surface area contributed by atoms with Gasteiger partial charge in [0.05, 0.1) is 19.1 Å². The Balaban J connectivity index is 2.42. The Labute approximate surface area is 161 Å². The summed E-state index contributed by atoms with van der Waals surface area (Å²) in [6, 6.07) is 0. The highest BCUT2D eigenvalue weighted by Crippen LogP contribution is 2.40. The van der Waals surface area contributed by atoms with Crippen molar-refractivity contribution in [2.24, 2.45) is 17.8 Å². The molecular formula is C23H40O3. The Morgan fingerprint density at radius 3 is 2.54 bits per heavy atom. The van der Waals surface area contributed by atoms with Crippen LogP contribution in [0.15, 0.2) is 0 Å². The van der Waals surface area contributed by atoms with E-state index in [0.717, 1.165) is 31.0 Å². The minimum Gasteiger partial charge on any atom is -0.394 e. The molecule has 150 valence electrons. The average molecular weight is 365 g/mol. The maximum Gasteiger partial charge on any atom is 0.131 e. The molecule has 0 aromatic rings. The van der Waals surface area contributed by atoms with Gasteiger partial charge in [0.15, 0.2) is 0 Å². The zero-order valence-corrected chi connectivity index (χ0v) is 16.8. The minimum atomic E-state index is -0.647. The maximum atomic E-state index is 10.4. The minimum absolute atomic E-state index is 0.176. The van der Waals surface area contributed by atoms with E-state index in [2.05, 4.69) is 18.8 Å². The van der Waals surface area contributed by atoms with E-state index < -0.39 is 6.10 Å². The van der Waals surface area contributed by atoms with Gasteiger partial charge < -0.3 is 15.0 Å². The van der Waals surface area contributed by atoms with Gasteiger partial charge in [0.1, 0.15) is 6.29 Å². The molecule has 2 unspecified atom stereocenters. The number of aliphatic hydroxyl groups is 2. The van der Waals surface area contributed by atoms with Crippen LogP contribution < -0.4 is 0 Å². The first-order chi connectivity index (χ1) is 12.7. The number of rotatable bonds is 14. The first-order valence-electron chi connectivity index (χ1n) is 10.9. The second-order valence-corrected chi connectivity index (χ2v) is 8.11. The molecule has 1 fully saturated rings. The van der Waals surface area contributed by atoms with Crippen molar-refractivity contribution < 1.29 is 15.0 Å². The fourth-order valence-corrected chi connectivity index (χ4v) is 4.47. The molecule has 0 bridgehead atoms. The highest BCUT2D eigenvalue weighted by atomic mass is 16.3. The number of carbonyl (C=O) groups excluding carboxylic acids is 1. The maximum absolute atomic E-state index is 10.4. The topological polar surface area (TPSA) is 57.5 Å². The lowest BCUT2D eigenvalue weighted by molar-refractivity contribution is -0.107. The molecule has 0 radical (unpaired) electrons. The van der Waals surface area contributed by atoms with Gasteiger partial charge in [-0.25, -0.2) is 0 Å². The molecular weight excluding hydrogens is 324 g/mol. The van der Waals surface area contributed by atoms with Crippen LogP contribution in [-0.2, 0) is 4.79 Å². The van der Waals surface area contributed by atoms with E-state index in [9.17, 15) is 15.0 Å². The Bertz CT molecular complexity index is 409. The summed E-state index contributed by atoms with van der Waals surface area (Å²) in [4.78, 5) is 10.4. The van der Waals surface area contributed by atoms with Crippen LogP contribution in [0.2, 0.25) is 0 Å². The van der Waals surface area contributed by atoms with Crippen molar-refractivity contribution >= 4 is 6.29 Å². The van der Waals surface area contributed by atoms with Gasteiger partial charge in [-0.3, -0.25) is 0 Å². The van der Waals surface area contributed by atoms with E-state index in [1.807, 2.05) is 0 Å².